The normalized spacial score (nSPS) is 10.7. The van der Waals surface area contributed by atoms with Crippen molar-refractivity contribution in [2.75, 3.05) is 19.5 Å². The Kier molecular flexibility index (Phi) is 4.93. The summed E-state index contributed by atoms with van der Waals surface area (Å²) in [6.45, 7) is 0. The van der Waals surface area contributed by atoms with E-state index in [0.29, 0.717) is 31.7 Å². The Labute approximate surface area is 155 Å². The first-order chi connectivity index (χ1) is 11.5. The van der Waals surface area contributed by atoms with E-state index in [2.05, 4.69) is 26.2 Å². The van der Waals surface area contributed by atoms with E-state index >= 15 is 0 Å². The van der Waals surface area contributed by atoms with Gasteiger partial charge in [0.05, 0.1) is 24.4 Å². The number of ether oxygens (including phenoxy) is 2. The van der Waals surface area contributed by atoms with Gasteiger partial charge in [0.15, 0.2) is 5.13 Å². The van der Waals surface area contributed by atoms with Crippen molar-refractivity contribution in [3.63, 3.8) is 0 Å². The fourth-order valence-electron chi connectivity index (χ4n) is 2.12. The number of aromatic nitrogens is 1. The molecular weight excluding hydrogens is 416 g/mol. The van der Waals surface area contributed by atoms with Crippen molar-refractivity contribution in [1.29, 1.82) is 0 Å². The number of carbonyl (C=O) groups is 1. The molecule has 0 aliphatic carbocycles. The summed E-state index contributed by atoms with van der Waals surface area (Å²) < 4.78 is 12.1. The molecule has 0 saturated heterocycles. The second-order valence-electron chi connectivity index (χ2n) is 4.78. The zero-order valence-electron chi connectivity index (χ0n) is 12.7. The number of nitrogens with zero attached hydrogens (tertiary/aromatic N) is 1. The third kappa shape index (κ3) is 3.33. The molecule has 8 heteroatoms. The lowest BCUT2D eigenvalue weighted by Crippen LogP contribution is -2.12. The minimum atomic E-state index is -0.302. The standard InChI is InChI=1S/C16H12BrClN2O3S/c1-22-11-5-8(6-12(23-2)14(11)17)15(21)20-16-19-10-4-3-9(18)7-13(10)24-16/h3-7H,1-2H3,(H,19,20,21). The Morgan fingerprint density at radius 3 is 2.50 bits per heavy atom. The fourth-order valence-corrected chi connectivity index (χ4v) is 3.81. The molecule has 0 unspecified atom stereocenters. The smallest absolute Gasteiger partial charge is 0.257 e. The number of carbonyl (C=O) groups excluding carboxylic acids is 1. The highest BCUT2D eigenvalue weighted by molar-refractivity contribution is 9.10. The summed E-state index contributed by atoms with van der Waals surface area (Å²) in [4.78, 5) is 16.9. The second kappa shape index (κ2) is 6.96. The number of hydrogen-bond acceptors (Lipinski definition) is 5. The van der Waals surface area contributed by atoms with E-state index in [4.69, 9.17) is 21.1 Å². The van der Waals surface area contributed by atoms with Gasteiger partial charge in [0, 0.05) is 10.6 Å². The van der Waals surface area contributed by atoms with Gasteiger partial charge in [-0.15, -0.1) is 0 Å². The highest BCUT2D eigenvalue weighted by Gasteiger charge is 2.16. The molecule has 1 heterocycles. The lowest BCUT2D eigenvalue weighted by Gasteiger charge is -2.11. The molecule has 0 saturated carbocycles. The summed E-state index contributed by atoms with van der Waals surface area (Å²) in [5.41, 5.74) is 1.19. The fraction of sp³-hybridized carbons (Fsp3) is 0.125. The van der Waals surface area contributed by atoms with Crippen molar-refractivity contribution in [2.45, 2.75) is 0 Å². The average Bonchev–Trinajstić information content (AvgIpc) is 2.96. The van der Waals surface area contributed by atoms with Crippen LogP contribution in [0.15, 0.2) is 34.8 Å². The molecule has 0 aliphatic heterocycles. The van der Waals surface area contributed by atoms with Crippen molar-refractivity contribution in [2.24, 2.45) is 0 Å². The minimum Gasteiger partial charge on any atom is -0.495 e. The van der Waals surface area contributed by atoms with E-state index < -0.39 is 0 Å². The maximum atomic E-state index is 12.5. The van der Waals surface area contributed by atoms with Gasteiger partial charge in [0.2, 0.25) is 0 Å². The Hall–Kier alpha value is -1.83. The molecule has 5 nitrogen and oxygen atoms in total. The lowest BCUT2D eigenvalue weighted by molar-refractivity contribution is 0.102. The molecule has 1 aromatic heterocycles. The van der Waals surface area contributed by atoms with Gasteiger partial charge >= 0.3 is 0 Å². The predicted octanol–water partition coefficient (Wildman–Crippen LogP) is 4.98. The van der Waals surface area contributed by atoms with Gasteiger partial charge in [0.1, 0.15) is 16.0 Å². The van der Waals surface area contributed by atoms with Gasteiger partial charge in [0.25, 0.3) is 5.91 Å². The molecular formula is C16H12BrClN2O3S. The minimum absolute atomic E-state index is 0.302. The highest BCUT2D eigenvalue weighted by Crippen LogP contribution is 2.36. The average molecular weight is 428 g/mol. The quantitative estimate of drug-likeness (QED) is 0.638. The Balaban J connectivity index is 1.91. The second-order valence-corrected chi connectivity index (χ2v) is 7.04. The number of benzene rings is 2. The number of amides is 1. The van der Waals surface area contributed by atoms with Crippen LogP contribution in [0.5, 0.6) is 11.5 Å². The van der Waals surface area contributed by atoms with Crippen LogP contribution in [0.2, 0.25) is 5.02 Å². The highest BCUT2D eigenvalue weighted by atomic mass is 79.9. The van der Waals surface area contributed by atoms with Gasteiger partial charge < -0.3 is 9.47 Å². The molecule has 24 heavy (non-hydrogen) atoms. The first-order valence-electron chi connectivity index (χ1n) is 6.81. The Morgan fingerprint density at radius 1 is 1.21 bits per heavy atom. The molecule has 124 valence electrons. The summed E-state index contributed by atoms with van der Waals surface area (Å²) in [6.07, 6.45) is 0. The summed E-state index contributed by atoms with van der Waals surface area (Å²) in [5.74, 6) is 0.718. The van der Waals surface area contributed by atoms with Crippen LogP contribution in [0.4, 0.5) is 5.13 Å². The first-order valence-corrected chi connectivity index (χ1v) is 8.79. The number of thiazole rings is 1. The number of rotatable bonds is 4. The monoisotopic (exact) mass is 426 g/mol. The van der Waals surface area contributed by atoms with Crippen molar-refractivity contribution >= 4 is 60.1 Å². The zero-order chi connectivity index (χ0) is 17.3. The SMILES string of the molecule is COc1cc(C(=O)Nc2nc3ccc(Cl)cc3s2)cc(OC)c1Br. The molecule has 2 aromatic carbocycles. The van der Waals surface area contributed by atoms with Crippen LogP contribution in [0.3, 0.4) is 0 Å². The van der Waals surface area contributed by atoms with Gasteiger partial charge in [-0.25, -0.2) is 4.98 Å². The molecule has 1 N–H and O–H groups in total. The van der Waals surface area contributed by atoms with Crippen LogP contribution in [-0.4, -0.2) is 25.1 Å². The maximum absolute atomic E-state index is 12.5. The molecule has 0 bridgehead atoms. The number of halogens is 2. The van der Waals surface area contributed by atoms with Crippen LogP contribution >= 0.6 is 38.9 Å². The molecule has 3 aromatic rings. The van der Waals surface area contributed by atoms with E-state index in [9.17, 15) is 4.79 Å². The van der Waals surface area contributed by atoms with Crippen LogP contribution in [-0.2, 0) is 0 Å². The summed E-state index contributed by atoms with van der Waals surface area (Å²) in [6, 6.07) is 8.66. The summed E-state index contributed by atoms with van der Waals surface area (Å²) in [7, 11) is 3.05. The van der Waals surface area contributed by atoms with Crippen molar-refractivity contribution in [3.8, 4) is 11.5 Å². The van der Waals surface area contributed by atoms with Crippen molar-refractivity contribution < 1.29 is 14.3 Å². The van der Waals surface area contributed by atoms with Crippen molar-refractivity contribution in [1.82, 2.24) is 4.98 Å². The maximum Gasteiger partial charge on any atom is 0.257 e. The van der Waals surface area contributed by atoms with Crippen LogP contribution in [0.1, 0.15) is 10.4 Å². The number of anilines is 1. The van der Waals surface area contributed by atoms with E-state index in [1.165, 1.54) is 25.6 Å². The molecule has 0 spiro atoms. The molecule has 0 atom stereocenters. The van der Waals surface area contributed by atoms with Crippen LogP contribution in [0, 0.1) is 0 Å². The zero-order valence-corrected chi connectivity index (χ0v) is 15.9. The van der Waals surface area contributed by atoms with Crippen LogP contribution < -0.4 is 14.8 Å². The van der Waals surface area contributed by atoms with E-state index in [1.54, 1.807) is 18.2 Å². The Morgan fingerprint density at radius 2 is 1.88 bits per heavy atom. The third-order valence-corrected chi connectivity index (χ3v) is 5.23. The lowest BCUT2D eigenvalue weighted by atomic mass is 10.2. The Bertz CT molecular complexity index is 904. The number of nitrogens with one attached hydrogen (secondary N) is 1. The largest absolute Gasteiger partial charge is 0.495 e. The first kappa shape index (κ1) is 17.0. The van der Waals surface area contributed by atoms with Crippen molar-refractivity contribution in [3.05, 3.63) is 45.4 Å². The molecule has 3 rings (SSSR count). The molecule has 0 fully saturated rings. The third-order valence-electron chi connectivity index (χ3n) is 3.28. The van der Waals surface area contributed by atoms with E-state index in [-0.39, 0.29) is 5.91 Å². The number of fused-ring (bicyclic) bond motifs is 1. The molecule has 0 radical (unpaired) electrons. The summed E-state index contributed by atoms with van der Waals surface area (Å²) in [5, 5.41) is 3.92. The van der Waals surface area contributed by atoms with E-state index in [1.807, 2.05) is 12.1 Å². The van der Waals surface area contributed by atoms with Gasteiger partial charge in [-0.2, -0.15) is 0 Å². The summed E-state index contributed by atoms with van der Waals surface area (Å²) >= 11 is 10.7. The topological polar surface area (TPSA) is 60.5 Å². The molecule has 1 amide bonds. The number of methoxy groups -OCH3 is 2. The predicted molar refractivity (Wildman–Crippen MR) is 99.8 cm³/mol. The van der Waals surface area contributed by atoms with Gasteiger partial charge in [-0.3, -0.25) is 10.1 Å². The van der Waals surface area contributed by atoms with Crippen LogP contribution in [0.25, 0.3) is 10.2 Å². The number of hydrogen-bond donors (Lipinski definition) is 1. The molecule has 0 aliphatic rings. The van der Waals surface area contributed by atoms with Gasteiger partial charge in [-0.1, -0.05) is 22.9 Å². The van der Waals surface area contributed by atoms with Gasteiger partial charge in [-0.05, 0) is 46.3 Å². The van der Waals surface area contributed by atoms with E-state index in [0.717, 1.165) is 10.2 Å².